The van der Waals surface area contributed by atoms with Crippen molar-refractivity contribution in [3.63, 3.8) is 0 Å². The van der Waals surface area contributed by atoms with Crippen molar-refractivity contribution in [2.45, 2.75) is 167 Å². The van der Waals surface area contributed by atoms with E-state index in [0.717, 1.165) is 33.0 Å². The average Bonchev–Trinajstić information content (AvgIpc) is 3.84. The van der Waals surface area contributed by atoms with Crippen LogP contribution >= 0.6 is 0 Å². The van der Waals surface area contributed by atoms with Crippen LogP contribution in [0.25, 0.3) is 66.1 Å². The fraction of sp³-hybridized carbons (Fsp3) is 0.361. The molecule has 0 atom stereocenters. The zero-order valence-corrected chi connectivity index (χ0v) is 48.1. The summed E-state index contributed by atoms with van der Waals surface area (Å²) < 4.78 is 0. The predicted octanol–water partition coefficient (Wildman–Crippen LogP) is 21.7. The molecular formula is C72H86O2Ti. The van der Waals surface area contributed by atoms with Gasteiger partial charge in [-0.3, -0.25) is 0 Å². The fourth-order valence-electron chi connectivity index (χ4n) is 13.1. The summed E-state index contributed by atoms with van der Waals surface area (Å²) in [5, 5.41) is 26.6. The summed E-state index contributed by atoms with van der Waals surface area (Å²) in [5.74, 6) is 0.723. The van der Waals surface area contributed by atoms with Gasteiger partial charge in [0.15, 0.2) is 0 Å². The number of rotatable bonds is 22. The molecule has 0 unspecified atom stereocenters. The van der Waals surface area contributed by atoms with Gasteiger partial charge in [-0.05, 0) is 127 Å². The third-order valence-corrected chi connectivity index (χ3v) is 16.8. The molecule has 0 aromatic heterocycles. The number of benzene rings is 8. The molecule has 2 aliphatic rings. The molecule has 0 saturated carbocycles. The molecule has 0 amide bonds. The molecule has 2 nitrogen and oxygen atoms in total. The van der Waals surface area contributed by atoms with Crippen molar-refractivity contribution in [1.29, 1.82) is 0 Å². The van der Waals surface area contributed by atoms with Crippen LogP contribution in [0.4, 0.5) is 0 Å². The van der Waals surface area contributed by atoms with Gasteiger partial charge in [0.2, 0.25) is 0 Å². The van der Waals surface area contributed by atoms with E-state index in [1.54, 1.807) is 0 Å². The van der Waals surface area contributed by atoms with Crippen molar-refractivity contribution < 1.29 is 31.9 Å². The van der Waals surface area contributed by atoms with Crippen molar-refractivity contribution in [3.05, 3.63) is 195 Å². The van der Waals surface area contributed by atoms with Gasteiger partial charge in [0.1, 0.15) is 11.5 Å². The van der Waals surface area contributed by atoms with Gasteiger partial charge in [0.25, 0.3) is 0 Å². The first-order chi connectivity index (χ1) is 35.4. The smallest absolute Gasteiger partial charge is 0.507 e. The zero-order valence-electron chi connectivity index (χ0n) is 46.5. The van der Waals surface area contributed by atoms with Gasteiger partial charge in [-0.15, -0.1) is 0 Å². The van der Waals surface area contributed by atoms with Gasteiger partial charge in [0.05, 0.1) is 0 Å². The second-order valence-corrected chi connectivity index (χ2v) is 21.4. The Labute approximate surface area is 468 Å². The number of phenolic OH excluding ortho intramolecular Hbond substituents is 2. The Hall–Kier alpha value is -5.41. The molecule has 0 fully saturated rings. The third kappa shape index (κ3) is 12.1. The summed E-state index contributed by atoms with van der Waals surface area (Å²) in [4.78, 5) is 0. The largest absolute Gasteiger partial charge is 2.00 e. The quantitative estimate of drug-likeness (QED) is 0.0403. The molecule has 75 heavy (non-hydrogen) atoms. The molecule has 0 aliphatic heterocycles. The van der Waals surface area contributed by atoms with Gasteiger partial charge >= 0.3 is 21.7 Å². The molecular weight excluding hydrogens is 945 g/mol. The predicted molar refractivity (Wildman–Crippen MR) is 322 cm³/mol. The van der Waals surface area contributed by atoms with Crippen LogP contribution in [0.5, 0.6) is 11.5 Å². The van der Waals surface area contributed by atoms with E-state index in [-0.39, 0.29) is 47.4 Å². The van der Waals surface area contributed by atoms with E-state index in [1.165, 1.54) is 184 Å². The van der Waals surface area contributed by atoms with Crippen molar-refractivity contribution in [1.82, 2.24) is 0 Å². The van der Waals surface area contributed by atoms with Crippen LogP contribution in [0.2, 0.25) is 0 Å². The normalized spacial score (nSPS) is 13.1. The SMILES string of the molecule is CCCCCCC1(CCCCCC)c2ccccc2-c2ccc(-c3c(O)ccc4ccccc34)cc21.CCCCCCC1(CCCCCC)c2ccccc2-c2ccc(-c3c(O)ccc4ccccc34)cc21.[CH3-].[CH3-].[Ti+2]. The van der Waals surface area contributed by atoms with Crippen molar-refractivity contribution in [2.75, 3.05) is 0 Å². The average molecular weight is 1030 g/mol. The summed E-state index contributed by atoms with van der Waals surface area (Å²) in [6.07, 6.45) is 25.4. The third-order valence-electron chi connectivity index (χ3n) is 16.8. The van der Waals surface area contributed by atoms with E-state index < -0.39 is 0 Å². The second-order valence-electron chi connectivity index (χ2n) is 21.4. The molecule has 390 valence electrons. The van der Waals surface area contributed by atoms with E-state index in [1.807, 2.05) is 24.3 Å². The van der Waals surface area contributed by atoms with E-state index >= 15 is 0 Å². The van der Waals surface area contributed by atoms with Crippen molar-refractivity contribution in [2.24, 2.45) is 0 Å². The maximum atomic E-state index is 11.0. The Morgan fingerprint density at radius 1 is 0.320 bits per heavy atom. The summed E-state index contributed by atoms with van der Waals surface area (Å²) in [5.41, 5.74) is 15.9. The molecule has 0 radical (unpaired) electrons. The molecule has 2 N–H and O–H groups in total. The molecule has 0 saturated heterocycles. The first-order valence-corrected chi connectivity index (χ1v) is 28.3. The summed E-state index contributed by atoms with van der Waals surface area (Å²) in [6.45, 7) is 9.18. The maximum absolute atomic E-state index is 11.0. The molecule has 2 aliphatic carbocycles. The molecule has 8 aromatic rings. The summed E-state index contributed by atoms with van der Waals surface area (Å²) in [7, 11) is 0. The number of hydrogen-bond acceptors (Lipinski definition) is 2. The van der Waals surface area contributed by atoms with Crippen LogP contribution in [0.15, 0.2) is 158 Å². The van der Waals surface area contributed by atoms with Crippen LogP contribution < -0.4 is 0 Å². The maximum Gasteiger partial charge on any atom is 2.00 e. The van der Waals surface area contributed by atoms with Gasteiger partial charge in [-0.2, -0.15) is 0 Å². The van der Waals surface area contributed by atoms with E-state index in [2.05, 4.69) is 161 Å². The van der Waals surface area contributed by atoms with Crippen LogP contribution in [0.1, 0.15) is 178 Å². The molecule has 10 rings (SSSR count). The monoisotopic (exact) mass is 1030 g/mol. The van der Waals surface area contributed by atoms with Gasteiger partial charge in [-0.1, -0.05) is 264 Å². The van der Waals surface area contributed by atoms with Crippen LogP contribution in [0.3, 0.4) is 0 Å². The minimum Gasteiger partial charge on any atom is -0.507 e. The fourth-order valence-corrected chi connectivity index (χ4v) is 13.1. The van der Waals surface area contributed by atoms with Gasteiger partial charge in [0, 0.05) is 22.0 Å². The van der Waals surface area contributed by atoms with Gasteiger partial charge < -0.3 is 25.1 Å². The van der Waals surface area contributed by atoms with Crippen LogP contribution in [-0.4, -0.2) is 10.2 Å². The Bertz CT molecular complexity index is 2860. The topological polar surface area (TPSA) is 40.5 Å². The summed E-state index contributed by atoms with van der Waals surface area (Å²) >= 11 is 0. The standard InChI is InChI=1S/2C35H40O.2CH3.Ti/c2*1-3-5-7-13-23-35(24-14-8-6-4-2)31-18-12-11-17-29(31)30-21-19-27(25-32(30)35)34-28-16-10-9-15-26(28)20-22-33(34)36;;;/h2*9-12,15-22,25,36H,3-8,13-14,23-24H2,1-2H3;2*1H3;/q;;2*-1;+2. The number of unbranched alkanes of at least 4 members (excludes halogenated alkanes) is 12. The summed E-state index contributed by atoms with van der Waals surface area (Å²) in [6, 6.07) is 56.8. The molecule has 0 bridgehead atoms. The molecule has 8 aromatic carbocycles. The first kappa shape index (κ1) is 58.8. The number of hydrogen-bond donors (Lipinski definition) is 2. The van der Waals surface area contributed by atoms with E-state index in [0.29, 0.717) is 11.5 Å². The number of phenols is 2. The minimum atomic E-state index is 0. The minimum absolute atomic E-state index is 0. The second kappa shape index (κ2) is 27.6. The molecule has 3 heteroatoms. The Balaban J connectivity index is 0.000000234. The zero-order chi connectivity index (χ0) is 49.9. The Morgan fingerprint density at radius 3 is 1.00 bits per heavy atom. The molecule has 0 heterocycles. The van der Waals surface area contributed by atoms with Crippen LogP contribution in [0, 0.1) is 14.9 Å². The van der Waals surface area contributed by atoms with Crippen molar-refractivity contribution in [3.8, 4) is 56.0 Å². The van der Waals surface area contributed by atoms with Gasteiger partial charge in [-0.25, -0.2) is 0 Å². The molecule has 0 spiro atoms. The number of aromatic hydroxyl groups is 2. The van der Waals surface area contributed by atoms with Crippen LogP contribution in [-0.2, 0) is 32.5 Å². The Kier molecular flexibility index (Phi) is 21.6. The first-order valence-electron chi connectivity index (χ1n) is 28.3. The Morgan fingerprint density at radius 2 is 0.640 bits per heavy atom. The van der Waals surface area contributed by atoms with E-state index in [9.17, 15) is 10.2 Å². The van der Waals surface area contributed by atoms with Crippen molar-refractivity contribution >= 4 is 21.5 Å². The number of fused-ring (bicyclic) bond motifs is 8. The van der Waals surface area contributed by atoms with E-state index in [4.69, 9.17) is 0 Å².